The topological polar surface area (TPSA) is 89.8 Å². The number of para-hydroxylation sites is 1. The molecular weight excluding hydrogens is 336 g/mol. The van der Waals surface area contributed by atoms with Crippen LogP contribution in [0.1, 0.15) is 39.5 Å². The number of ether oxygens (including phenoxy) is 2. The summed E-state index contributed by atoms with van der Waals surface area (Å²) in [6.07, 6.45) is 2.02. The van der Waals surface area contributed by atoms with Crippen molar-refractivity contribution in [3.05, 3.63) is 53.5 Å². The number of nitrogens with one attached hydrogen (secondary N) is 2. The van der Waals surface area contributed by atoms with Gasteiger partial charge in [-0.05, 0) is 37.1 Å². The van der Waals surface area contributed by atoms with Gasteiger partial charge in [-0.25, -0.2) is 0 Å². The fourth-order valence-corrected chi connectivity index (χ4v) is 2.80. The van der Waals surface area contributed by atoms with Gasteiger partial charge in [-0.2, -0.15) is 0 Å². The number of methoxy groups -OCH3 is 1. The van der Waals surface area contributed by atoms with Gasteiger partial charge in [-0.15, -0.1) is 0 Å². The number of benzene rings is 1. The molecule has 1 aliphatic heterocycles. The average Bonchev–Trinajstić information content (AvgIpc) is 3.32. The van der Waals surface area contributed by atoms with Crippen molar-refractivity contribution >= 4 is 17.5 Å². The highest BCUT2D eigenvalue weighted by atomic mass is 16.5. The third kappa shape index (κ3) is 4.50. The second kappa shape index (κ2) is 8.64. The highest BCUT2D eigenvalue weighted by Crippen LogP contribution is 2.18. The number of carbonyl (C=O) groups is 2. The van der Waals surface area contributed by atoms with E-state index >= 15 is 0 Å². The summed E-state index contributed by atoms with van der Waals surface area (Å²) in [6.45, 7) is 1.48. The van der Waals surface area contributed by atoms with E-state index in [1.54, 1.807) is 43.5 Å². The average molecular weight is 358 g/mol. The van der Waals surface area contributed by atoms with E-state index in [4.69, 9.17) is 13.9 Å². The zero-order chi connectivity index (χ0) is 18.4. The summed E-state index contributed by atoms with van der Waals surface area (Å²) >= 11 is 0. The van der Waals surface area contributed by atoms with Crippen LogP contribution in [0.3, 0.4) is 0 Å². The molecule has 1 aliphatic rings. The number of furan rings is 1. The van der Waals surface area contributed by atoms with E-state index < -0.39 is 5.91 Å². The molecule has 0 radical (unpaired) electrons. The normalized spacial score (nSPS) is 16.4. The van der Waals surface area contributed by atoms with Crippen molar-refractivity contribution in [2.75, 3.05) is 25.6 Å². The quantitative estimate of drug-likeness (QED) is 0.794. The molecule has 0 bridgehead atoms. The molecule has 1 unspecified atom stereocenters. The Labute approximate surface area is 151 Å². The van der Waals surface area contributed by atoms with Gasteiger partial charge in [-0.1, -0.05) is 12.1 Å². The maximum absolute atomic E-state index is 12.5. The third-order valence-corrected chi connectivity index (χ3v) is 4.11. The lowest BCUT2D eigenvalue weighted by Gasteiger charge is -2.13. The van der Waals surface area contributed by atoms with Crippen LogP contribution in [-0.2, 0) is 16.1 Å². The Morgan fingerprint density at radius 2 is 2.04 bits per heavy atom. The molecule has 2 aromatic rings. The third-order valence-electron chi connectivity index (χ3n) is 4.11. The summed E-state index contributed by atoms with van der Waals surface area (Å²) in [5.41, 5.74) is 0.814. The Bertz CT molecular complexity index is 765. The molecule has 1 atom stereocenters. The molecule has 2 heterocycles. The highest BCUT2D eigenvalue weighted by molar-refractivity contribution is 6.07. The smallest absolute Gasteiger partial charge is 0.291 e. The number of anilines is 1. The maximum atomic E-state index is 12.5. The molecule has 1 fully saturated rings. The molecule has 1 aromatic carbocycles. The standard InChI is InChI=1S/C19H22N2O5/c1-24-12-14-8-9-17(26-14)19(23)21-16-7-3-2-6-15(16)18(22)20-11-13-5-4-10-25-13/h2-3,6-9,13H,4-5,10-12H2,1H3,(H,20,22)(H,21,23). The molecule has 0 saturated carbocycles. The molecule has 26 heavy (non-hydrogen) atoms. The SMILES string of the molecule is COCc1ccc(C(=O)Nc2ccccc2C(=O)NCC2CCCO2)o1. The van der Waals surface area contributed by atoms with Crippen LogP contribution in [0.4, 0.5) is 5.69 Å². The predicted molar refractivity (Wildman–Crippen MR) is 95.1 cm³/mol. The van der Waals surface area contributed by atoms with Gasteiger partial charge in [-0.3, -0.25) is 9.59 Å². The van der Waals surface area contributed by atoms with Crippen molar-refractivity contribution in [3.63, 3.8) is 0 Å². The lowest BCUT2D eigenvalue weighted by Crippen LogP contribution is -2.32. The molecule has 3 rings (SSSR count). The zero-order valence-electron chi connectivity index (χ0n) is 14.6. The first kappa shape index (κ1) is 18.2. The number of carbonyl (C=O) groups excluding carboxylic acids is 2. The van der Waals surface area contributed by atoms with Crippen LogP contribution < -0.4 is 10.6 Å². The summed E-state index contributed by atoms with van der Waals surface area (Å²) in [5, 5.41) is 5.59. The van der Waals surface area contributed by atoms with Crippen molar-refractivity contribution in [3.8, 4) is 0 Å². The molecule has 0 aliphatic carbocycles. The lowest BCUT2D eigenvalue weighted by atomic mass is 10.1. The Hall–Kier alpha value is -2.64. The van der Waals surface area contributed by atoms with Gasteiger partial charge < -0.3 is 24.5 Å². The number of hydrogen-bond acceptors (Lipinski definition) is 5. The van der Waals surface area contributed by atoms with Gasteiger partial charge in [0.15, 0.2) is 5.76 Å². The highest BCUT2D eigenvalue weighted by Gasteiger charge is 2.19. The van der Waals surface area contributed by atoms with E-state index in [0.717, 1.165) is 19.4 Å². The summed E-state index contributed by atoms with van der Waals surface area (Å²) < 4.78 is 15.9. The Kier molecular flexibility index (Phi) is 6.04. The summed E-state index contributed by atoms with van der Waals surface area (Å²) in [6, 6.07) is 10.1. The van der Waals surface area contributed by atoms with Crippen LogP contribution in [0.2, 0.25) is 0 Å². The van der Waals surface area contributed by atoms with Crippen molar-refractivity contribution < 1.29 is 23.5 Å². The Balaban J connectivity index is 1.65. The van der Waals surface area contributed by atoms with Crippen molar-refractivity contribution in [2.24, 2.45) is 0 Å². The van der Waals surface area contributed by atoms with Crippen molar-refractivity contribution in [1.82, 2.24) is 5.32 Å². The first-order valence-corrected chi connectivity index (χ1v) is 8.55. The van der Waals surface area contributed by atoms with Gasteiger partial charge in [0.25, 0.3) is 11.8 Å². The van der Waals surface area contributed by atoms with Gasteiger partial charge in [0.05, 0.1) is 17.4 Å². The zero-order valence-corrected chi connectivity index (χ0v) is 14.6. The Morgan fingerprint density at radius 1 is 1.19 bits per heavy atom. The van der Waals surface area contributed by atoms with E-state index in [9.17, 15) is 9.59 Å². The number of rotatable bonds is 7. The van der Waals surface area contributed by atoms with Crippen LogP contribution in [0.25, 0.3) is 0 Å². The maximum Gasteiger partial charge on any atom is 0.291 e. The molecule has 0 spiro atoms. The second-order valence-corrected chi connectivity index (χ2v) is 6.04. The van der Waals surface area contributed by atoms with Gasteiger partial charge in [0, 0.05) is 20.3 Å². The first-order chi connectivity index (χ1) is 12.7. The molecule has 7 nitrogen and oxygen atoms in total. The van der Waals surface area contributed by atoms with Crippen LogP contribution >= 0.6 is 0 Å². The number of amides is 2. The monoisotopic (exact) mass is 358 g/mol. The molecule has 2 N–H and O–H groups in total. The van der Waals surface area contributed by atoms with E-state index in [-0.39, 0.29) is 24.4 Å². The van der Waals surface area contributed by atoms with E-state index in [2.05, 4.69) is 10.6 Å². The minimum Gasteiger partial charge on any atom is -0.453 e. The van der Waals surface area contributed by atoms with E-state index in [1.165, 1.54) is 0 Å². The van der Waals surface area contributed by atoms with Crippen molar-refractivity contribution in [2.45, 2.75) is 25.6 Å². The fourth-order valence-electron chi connectivity index (χ4n) is 2.80. The summed E-state index contributed by atoms with van der Waals surface area (Å²) in [7, 11) is 1.55. The molecular formula is C19H22N2O5. The van der Waals surface area contributed by atoms with E-state index in [1.807, 2.05) is 0 Å². The van der Waals surface area contributed by atoms with Crippen LogP contribution in [0.15, 0.2) is 40.8 Å². The minimum absolute atomic E-state index is 0.0584. The summed E-state index contributed by atoms with van der Waals surface area (Å²) in [4.78, 5) is 24.8. The molecule has 7 heteroatoms. The van der Waals surface area contributed by atoms with Crippen LogP contribution in [0, 0.1) is 0 Å². The summed E-state index contributed by atoms with van der Waals surface area (Å²) in [5.74, 6) is 0.0366. The van der Waals surface area contributed by atoms with Gasteiger partial charge in [0.1, 0.15) is 12.4 Å². The van der Waals surface area contributed by atoms with Gasteiger partial charge >= 0.3 is 0 Å². The second-order valence-electron chi connectivity index (χ2n) is 6.04. The van der Waals surface area contributed by atoms with Crippen LogP contribution in [0.5, 0.6) is 0 Å². The molecule has 138 valence electrons. The minimum atomic E-state index is -0.424. The molecule has 2 amide bonds. The largest absolute Gasteiger partial charge is 0.453 e. The lowest BCUT2D eigenvalue weighted by molar-refractivity contribution is 0.0858. The number of hydrogen-bond donors (Lipinski definition) is 2. The van der Waals surface area contributed by atoms with Crippen molar-refractivity contribution in [1.29, 1.82) is 0 Å². The van der Waals surface area contributed by atoms with Gasteiger partial charge in [0.2, 0.25) is 0 Å². The predicted octanol–water partition coefficient (Wildman–Crippen LogP) is 2.59. The fraction of sp³-hybridized carbons (Fsp3) is 0.368. The van der Waals surface area contributed by atoms with Crippen LogP contribution in [-0.4, -0.2) is 38.2 Å². The van der Waals surface area contributed by atoms with E-state index in [0.29, 0.717) is 23.6 Å². The Morgan fingerprint density at radius 3 is 2.81 bits per heavy atom. The molecule has 1 aromatic heterocycles. The molecule has 1 saturated heterocycles. The first-order valence-electron chi connectivity index (χ1n) is 8.55.